The highest BCUT2D eigenvalue weighted by Crippen LogP contribution is 2.51. The molecule has 48 heavy (non-hydrogen) atoms. The van der Waals surface area contributed by atoms with Crippen LogP contribution in [-0.2, 0) is 52.7 Å². The summed E-state index contributed by atoms with van der Waals surface area (Å²) in [6.07, 6.45) is -2.36. The van der Waals surface area contributed by atoms with E-state index in [1.54, 1.807) is 7.11 Å². The third kappa shape index (κ3) is 8.75. The average Bonchev–Trinajstić information content (AvgIpc) is 3.07. The molecule has 260 valence electrons. The third-order valence-electron chi connectivity index (χ3n) is 9.96. The molecule has 6 rings (SSSR count). The first-order valence-corrected chi connectivity index (χ1v) is 20.0. The van der Waals surface area contributed by atoms with Gasteiger partial charge in [0.1, 0.15) is 18.0 Å². The quantitative estimate of drug-likeness (QED) is 0.120. The molecule has 3 aromatic carbocycles. The highest BCUT2D eigenvalue weighted by molar-refractivity contribution is 6.74. The number of carbonyl (C=O) groups excluding carboxylic acids is 1. The Balaban J connectivity index is 1.53. The Morgan fingerprint density at radius 2 is 1.29 bits per heavy atom. The highest BCUT2D eigenvalue weighted by atomic mass is 28.4. The van der Waals surface area contributed by atoms with Gasteiger partial charge < -0.3 is 32.8 Å². The lowest BCUT2D eigenvalue weighted by Gasteiger charge is -2.59. The van der Waals surface area contributed by atoms with Gasteiger partial charge in [-0.15, -0.1) is 0 Å². The van der Waals surface area contributed by atoms with Crippen molar-refractivity contribution in [3.8, 4) is 5.75 Å². The molecule has 0 radical (unpaired) electrons. The molecule has 8 nitrogen and oxygen atoms in total. The van der Waals surface area contributed by atoms with Crippen molar-refractivity contribution in [1.82, 2.24) is 0 Å². The van der Waals surface area contributed by atoms with Crippen LogP contribution in [0.4, 0.5) is 0 Å². The summed E-state index contributed by atoms with van der Waals surface area (Å²) in [5.41, 5.74) is 3.09. The Hall–Kier alpha value is -3.05. The van der Waals surface area contributed by atoms with Crippen LogP contribution in [0.1, 0.15) is 50.8 Å². The minimum absolute atomic E-state index is 0.0635. The van der Waals surface area contributed by atoms with Crippen molar-refractivity contribution in [3.63, 3.8) is 0 Å². The first kappa shape index (κ1) is 36.2. The summed E-state index contributed by atoms with van der Waals surface area (Å²) in [7, 11) is -0.685. The standard InChI is InChI=1S/C39H52O8Si/c1-8-42-32(40)23-31-33-35(43-24-27-15-11-9-12-16-27)36(44-25-28-17-13-10-14-18-28)37(34(31)47-48(6,7)39(2,3)4)46-38(33)45-26-29-19-21-30(41-5)22-20-29/h9-22,31,33-38H,8,23-26H2,1-7H3/t31?,33-,34-,35-,36+,37-,38+/m1/s1. The van der Waals surface area contributed by atoms with Crippen molar-refractivity contribution in [2.75, 3.05) is 13.7 Å². The summed E-state index contributed by atoms with van der Waals surface area (Å²) in [5.74, 6) is -0.150. The molecular formula is C39H52O8Si. The summed E-state index contributed by atoms with van der Waals surface area (Å²) >= 11 is 0. The van der Waals surface area contributed by atoms with Crippen LogP contribution in [0, 0.1) is 11.8 Å². The van der Waals surface area contributed by atoms with Crippen LogP contribution in [0.25, 0.3) is 0 Å². The maximum Gasteiger partial charge on any atom is 0.306 e. The molecule has 1 saturated carbocycles. The predicted octanol–water partition coefficient (Wildman–Crippen LogP) is 7.70. The number of hydrogen-bond acceptors (Lipinski definition) is 8. The molecule has 9 heteroatoms. The van der Waals surface area contributed by atoms with Gasteiger partial charge in [-0.25, -0.2) is 0 Å². The number of ether oxygens (including phenoxy) is 6. The van der Waals surface area contributed by atoms with Crippen molar-refractivity contribution in [2.45, 2.75) is 103 Å². The van der Waals surface area contributed by atoms with Gasteiger partial charge >= 0.3 is 5.97 Å². The first-order chi connectivity index (χ1) is 23.0. The van der Waals surface area contributed by atoms with Gasteiger partial charge in [-0.1, -0.05) is 93.6 Å². The van der Waals surface area contributed by atoms with Gasteiger partial charge in [-0.2, -0.15) is 0 Å². The van der Waals surface area contributed by atoms with Crippen LogP contribution >= 0.6 is 0 Å². The molecule has 2 heterocycles. The molecule has 0 spiro atoms. The molecule has 7 atom stereocenters. The number of fused-ring (bicyclic) bond motifs is 3. The van der Waals surface area contributed by atoms with Crippen molar-refractivity contribution < 1.29 is 37.6 Å². The van der Waals surface area contributed by atoms with E-state index in [4.69, 9.17) is 32.8 Å². The summed E-state index contributed by atoms with van der Waals surface area (Å²) in [4.78, 5) is 13.3. The number of esters is 1. The lowest BCUT2D eigenvalue weighted by atomic mass is 9.68. The number of rotatable bonds is 15. The second-order valence-electron chi connectivity index (χ2n) is 14.2. The topological polar surface area (TPSA) is 81.7 Å². The van der Waals surface area contributed by atoms with Crippen LogP contribution in [0.2, 0.25) is 18.1 Å². The van der Waals surface area contributed by atoms with Crippen molar-refractivity contribution in [3.05, 3.63) is 102 Å². The summed E-state index contributed by atoms with van der Waals surface area (Å²) < 4.78 is 45.1. The molecule has 3 fully saturated rings. The van der Waals surface area contributed by atoms with Gasteiger partial charge in [0.05, 0.1) is 52.2 Å². The molecule has 2 aliphatic heterocycles. The molecule has 1 aliphatic carbocycles. The summed E-state index contributed by atoms with van der Waals surface area (Å²) in [6.45, 7) is 14.3. The Bertz CT molecular complexity index is 1430. The molecule has 2 saturated heterocycles. The van der Waals surface area contributed by atoms with Gasteiger partial charge in [0.15, 0.2) is 14.6 Å². The van der Waals surface area contributed by atoms with E-state index in [-0.39, 0.29) is 29.3 Å². The fourth-order valence-corrected chi connectivity index (χ4v) is 7.71. The van der Waals surface area contributed by atoms with E-state index < -0.39 is 39.0 Å². The molecular weight excluding hydrogens is 625 g/mol. The van der Waals surface area contributed by atoms with Gasteiger partial charge in [-0.3, -0.25) is 4.79 Å². The number of carbonyl (C=O) groups is 1. The van der Waals surface area contributed by atoms with Crippen molar-refractivity contribution >= 4 is 14.3 Å². The fourth-order valence-electron chi connectivity index (χ4n) is 6.37. The molecule has 1 unspecified atom stereocenters. The maximum absolute atomic E-state index is 13.3. The van der Waals surface area contributed by atoms with Crippen molar-refractivity contribution in [2.24, 2.45) is 11.8 Å². The summed E-state index contributed by atoms with van der Waals surface area (Å²) in [6, 6.07) is 28.0. The third-order valence-corrected chi connectivity index (χ3v) is 14.4. The predicted molar refractivity (Wildman–Crippen MR) is 187 cm³/mol. The van der Waals surface area contributed by atoms with Gasteiger partial charge in [0.25, 0.3) is 0 Å². The molecule has 0 amide bonds. The fraction of sp³-hybridized carbons (Fsp3) is 0.513. The van der Waals surface area contributed by atoms with E-state index >= 15 is 0 Å². The lowest BCUT2D eigenvalue weighted by Crippen LogP contribution is -2.71. The molecule has 0 aromatic heterocycles. The van der Waals surface area contributed by atoms with E-state index in [0.29, 0.717) is 26.4 Å². The van der Waals surface area contributed by atoms with Gasteiger partial charge in [-0.05, 0) is 53.9 Å². The SMILES string of the molecule is CCOC(=O)CC1[C@H]2[C@@H](OCc3ccc(OC)cc3)O[C@@H]([C@@H](OCc3ccccc3)[C@@H]2OCc2ccccc2)[C@@H]1O[Si](C)(C)C(C)(C)C. The monoisotopic (exact) mass is 676 g/mol. The van der Waals surface area contributed by atoms with E-state index in [1.807, 2.05) is 67.6 Å². The normalized spacial score (nSPS) is 25.5. The first-order valence-electron chi connectivity index (χ1n) is 17.0. The second-order valence-corrected chi connectivity index (χ2v) is 19.0. The Labute approximate surface area is 287 Å². The second kappa shape index (κ2) is 16.1. The van der Waals surface area contributed by atoms with E-state index in [1.165, 1.54) is 0 Å². The summed E-state index contributed by atoms with van der Waals surface area (Å²) in [5, 5.41) is -0.0635. The zero-order valence-electron chi connectivity index (χ0n) is 29.4. The van der Waals surface area contributed by atoms with Gasteiger partial charge in [0, 0.05) is 11.8 Å². The molecule has 2 bridgehead atoms. The number of benzene rings is 3. The van der Waals surface area contributed by atoms with Crippen molar-refractivity contribution in [1.29, 1.82) is 0 Å². The van der Waals surface area contributed by atoms with Gasteiger partial charge in [0.2, 0.25) is 0 Å². The van der Waals surface area contributed by atoms with E-state index in [2.05, 4.69) is 58.1 Å². The largest absolute Gasteiger partial charge is 0.497 e. The Morgan fingerprint density at radius 3 is 1.83 bits per heavy atom. The maximum atomic E-state index is 13.3. The average molecular weight is 677 g/mol. The molecule has 3 aromatic rings. The van der Waals surface area contributed by atoms with E-state index in [9.17, 15) is 4.79 Å². The zero-order chi connectivity index (χ0) is 34.3. The molecule has 0 N–H and O–H groups in total. The minimum atomic E-state index is -2.33. The highest BCUT2D eigenvalue weighted by Gasteiger charge is 2.63. The Kier molecular flexibility index (Phi) is 12.2. The van der Waals surface area contributed by atoms with Crippen LogP contribution in [-0.4, -0.2) is 58.7 Å². The van der Waals surface area contributed by atoms with Crippen LogP contribution < -0.4 is 4.74 Å². The smallest absolute Gasteiger partial charge is 0.306 e. The van der Waals surface area contributed by atoms with Crippen LogP contribution in [0.5, 0.6) is 5.75 Å². The Morgan fingerprint density at radius 1 is 0.750 bits per heavy atom. The van der Waals surface area contributed by atoms with Crippen LogP contribution in [0.3, 0.4) is 0 Å². The van der Waals surface area contributed by atoms with E-state index in [0.717, 1.165) is 22.4 Å². The zero-order valence-corrected chi connectivity index (χ0v) is 30.4. The molecule has 3 aliphatic rings. The minimum Gasteiger partial charge on any atom is -0.497 e. The lowest BCUT2D eigenvalue weighted by molar-refractivity contribution is -0.361. The van der Waals surface area contributed by atoms with Crippen LogP contribution in [0.15, 0.2) is 84.9 Å². The number of methoxy groups -OCH3 is 1. The number of hydrogen-bond donors (Lipinski definition) is 0.